The van der Waals surface area contributed by atoms with Crippen LogP contribution >= 0.6 is 0 Å². The summed E-state index contributed by atoms with van der Waals surface area (Å²) in [6.07, 6.45) is -0.353. The topological polar surface area (TPSA) is 156 Å². The standard InChI is InChI=1S/C25H31N3O8S2/c29-22(17-27-38(34,35)23-9-5-2-6-10-23)16-26-25(31)21(15-24(30)28-11-13-36-14-12-28)19-37(32,33)18-20-7-3-1-4-8-20/h1-10,21,27H,11-19H2,(H,26,31). The molecule has 0 saturated carbocycles. The normalized spacial score (nSPS) is 15.0. The quantitative estimate of drug-likeness (QED) is 0.347. The molecular formula is C25H31N3O8S2. The molecule has 0 radical (unpaired) electrons. The molecule has 206 valence electrons. The number of nitrogens with zero attached hydrogens (tertiary/aromatic N) is 1. The Morgan fingerprint density at radius 2 is 1.47 bits per heavy atom. The number of nitrogens with one attached hydrogen (secondary N) is 2. The number of sulfone groups is 1. The van der Waals surface area contributed by atoms with E-state index < -0.39 is 56.3 Å². The first-order valence-corrected chi connectivity index (χ1v) is 15.3. The average molecular weight is 566 g/mol. The molecule has 1 atom stereocenters. The van der Waals surface area contributed by atoms with Crippen molar-refractivity contribution < 1.29 is 36.0 Å². The molecule has 13 heteroatoms. The first-order valence-electron chi connectivity index (χ1n) is 12.0. The molecule has 38 heavy (non-hydrogen) atoms. The predicted octanol–water partition coefficient (Wildman–Crippen LogP) is 0.130. The molecule has 11 nitrogen and oxygen atoms in total. The van der Waals surface area contributed by atoms with Crippen molar-refractivity contribution in [2.24, 2.45) is 5.92 Å². The summed E-state index contributed by atoms with van der Waals surface area (Å²) < 4.78 is 57.8. The molecule has 0 spiro atoms. The van der Waals surface area contributed by atoms with Crippen LogP contribution in [-0.4, -0.2) is 84.5 Å². The largest absolute Gasteiger partial charge is 0.378 e. The second-order valence-electron chi connectivity index (χ2n) is 8.83. The fourth-order valence-corrected chi connectivity index (χ4v) is 6.56. The Morgan fingerprint density at radius 3 is 2.11 bits per heavy atom. The summed E-state index contributed by atoms with van der Waals surface area (Å²) in [6.45, 7) is 0.275. The van der Waals surface area contributed by atoms with Gasteiger partial charge in [0.25, 0.3) is 0 Å². The number of amides is 2. The zero-order valence-corrected chi connectivity index (χ0v) is 22.4. The summed E-state index contributed by atoms with van der Waals surface area (Å²) in [4.78, 5) is 39.5. The van der Waals surface area contributed by atoms with Gasteiger partial charge in [-0.15, -0.1) is 0 Å². The zero-order valence-electron chi connectivity index (χ0n) is 20.7. The molecular weight excluding hydrogens is 534 g/mol. The summed E-state index contributed by atoms with van der Waals surface area (Å²) in [6, 6.07) is 16.0. The van der Waals surface area contributed by atoms with Gasteiger partial charge in [-0.3, -0.25) is 14.4 Å². The van der Waals surface area contributed by atoms with Gasteiger partial charge >= 0.3 is 0 Å². The number of benzene rings is 2. The lowest BCUT2D eigenvalue weighted by atomic mass is 10.1. The van der Waals surface area contributed by atoms with E-state index >= 15 is 0 Å². The monoisotopic (exact) mass is 565 g/mol. The van der Waals surface area contributed by atoms with Crippen LogP contribution in [0.15, 0.2) is 65.6 Å². The summed E-state index contributed by atoms with van der Waals surface area (Å²) in [5.74, 6) is -3.91. The molecule has 1 saturated heterocycles. The Morgan fingerprint density at radius 1 is 0.868 bits per heavy atom. The van der Waals surface area contributed by atoms with Crippen molar-refractivity contribution in [3.05, 3.63) is 66.2 Å². The molecule has 1 fully saturated rings. The lowest BCUT2D eigenvalue weighted by molar-refractivity contribution is -0.139. The number of rotatable bonds is 13. The van der Waals surface area contributed by atoms with Crippen molar-refractivity contribution in [2.75, 3.05) is 45.1 Å². The number of sulfonamides is 1. The summed E-state index contributed by atoms with van der Waals surface area (Å²) in [5.41, 5.74) is 0.548. The predicted molar refractivity (Wildman–Crippen MR) is 139 cm³/mol. The summed E-state index contributed by atoms with van der Waals surface area (Å²) in [7, 11) is -7.70. The number of hydrogen-bond donors (Lipinski definition) is 2. The van der Waals surface area contributed by atoms with Gasteiger partial charge in [-0.25, -0.2) is 21.6 Å². The molecule has 0 aromatic heterocycles. The van der Waals surface area contributed by atoms with Crippen LogP contribution in [0.2, 0.25) is 0 Å². The molecule has 1 aliphatic rings. The Kier molecular flexibility index (Phi) is 10.5. The van der Waals surface area contributed by atoms with Crippen molar-refractivity contribution in [1.82, 2.24) is 14.9 Å². The second kappa shape index (κ2) is 13.6. The number of morpholine rings is 1. The minimum Gasteiger partial charge on any atom is -0.378 e. The number of ketones is 1. The molecule has 0 aliphatic carbocycles. The van der Waals surface area contributed by atoms with Crippen LogP contribution in [0.3, 0.4) is 0 Å². The van der Waals surface area contributed by atoms with Crippen LogP contribution in [0, 0.1) is 5.92 Å². The van der Waals surface area contributed by atoms with Gasteiger partial charge in [0.2, 0.25) is 21.8 Å². The number of carbonyl (C=O) groups is 3. The molecule has 1 unspecified atom stereocenters. The minimum atomic E-state index is -3.92. The maximum Gasteiger partial charge on any atom is 0.240 e. The average Bonchev–Trinajstić information content (AvgIpc) is 2.91. The van der Waals surface area contributed by atoms with Gasteiger partial charge in [-0.05, 0) is 17.7 Å². The molecule has 1 heterocycles. The van der Waals surface area contributed by atoms with Gasteiger partial charge in [-0.1, -0.05) is 48.5 Å². The number of Topliss-reactive ketones (excluding diaryl/α,β-unsaturated/α-hetero) is 1. The van der Waals surface area contributed by atoms with E-state index in [1.165, 1.54) is 17.0 Å². The van der Waals surface area contributed by atoms with Gasteiger partial charge in [0.1, 0.15) is 0 Å². The van der Waals surface area contributed by atoms with Gasteiger partial charge in [0, 0.05) is 19.5 Å². The van der Waals surface area contributed by atoms with Crippen molar-refractivity contribution in [3.8, 4) is 0 Å². The molecule has 2 amide bonds. The van der Waals surface area contributed by atoms with E-state index in [0.29, 0.717) is 31.9 Å². The first kappa shape index (κ1) is 29.4. The SMILES string of the molecule is O=C(CNC(=O)C(CC(=O)N1CCOCC1)CS(=O)(=O)Cc1ccccc1)CNS(=O)(=O)c1ccccc1. The lowest BCUT2D eigenvalue weighted by Gasteiger charge is -2.28. The third-order valence-corrected chi connectivity index (χ3v) is 8.91. The maximum atomic E-state index is 13.0. The van der Waals surface area contributed by atoms with E-state index in [4.69, 9.17) is 4.74 Å². The van der Waals surface area contributed by atoms with E-state index in [1.54, 1.807) is 48.5 Å². The molecule has 2 aromatic carbocycles. The number of carbonyl (C=O) groups excluding carboxylic acids is 3. The van der Waals surface area contributed by atoms with Crippen LogP contribution in [0.1, 0.15) is 12.0 Å². The van der Waals surface area contributed by atoms with Crippen molar-refractivity contribution in [2.45, 2.75) is 17.1 Å². The Balaban J connectivity index is 1.62. The molecule has 2 aromatic rings. The van der Waals surface area contributed by atoms with E-state index in [-0.39, 0.29) is 23.0 Å². The second-order valence-corrected chi connectivity index (χ2v) is 12.7. The van der Waals surface area contributed by atoms with Crippen molar-refractivity contribution in [3.63, 3.8) is 0 Å². The Hall–Kier alpha value is -3.13. The van der Waals surface area contributed by atoms with E-state index in [9.17, 15) is 31.2 Å². The highest BCUT2D eigenvalue weighted by molar-refractivity contribution is 7.90. The van der Waals surface area contributed by atoms with Gasteiger partial charge in [0.15, 0.2) is 15.6 Å². The van der Waals surface area contributed by atoms with Crippen molar-refractivity contribution >= 4 is 37.5 Å². The summed E-state index contributed by atoms with van der Waals surface area (Å²) >= 11 is 0. The fourth-order valence-electron chi connectivity index (χ4n) is 3.82. The van der Waals surface area contributed by atoms with Crippen molar-refractivity contribution in [1.29, 1.82) is 0 Å². The van der Waals surface area contributed by atoms with Gasteiger partial charge < -0.3 is 15.0 Å². The highest BCUT2D eigenvalue weighted by atomic mass is 32.2. The Labute approximate surface area is 222 Å². The fraction of sp³-hybridized carbons (Fsp3) is 0.400. The highest BCUT2D eigenvalue weighted by Gasteiger charge is 2.30. The van der Waals surface area contributed by atoms with Gasteiger partial charge in [0.05, 0.1) is 48.6 Å². The minimum absolute atomic E-state index is 0.0119. The third-order valence-electron chi connectivity index (χ3n) is 5.81. The molecule has 0 bridgehead atoms. The van der Waals surface area contributed by atoms with E-state index in [1.807, 2.05) is 0 Å². The van der Waals surface area contributed by atoms with Crippen LogP contribution < -0.4 is 10.0 Å². The molecule has 2 N–H and O–H groups in total. The maximum absolute atomic E-state index is 13.0. The number of ether oxygens (including phenoxy) is 1. The summed E-state index contributed by atoms with van der Waals surface area (Å²) in [5, 5.41) is 2.37. The first-order chi connectivity index (χ1) is 18.1. The molecule has 3 rings (SSSR count). The Bertz CT molecular complexity index is 1310. The highest BCUT2D eigenvalue weighted by Crippen LogP contribution is 2.15. The lowest BCUT2D eigenvalue weighted by Crippen LogP contribution is -2.45. The van der Waals surface area contributed by atoms with Gasteiger partial charge in [-0.2, -0.15) is 0 Å². The third kappa shape index (κ3) is 9.31. The van der Waals surface area contributed by atoms with E-state index in [0.717, 1.165) is 0 Å². The molecule has 1 aliphatic heterocycles. The number of hydrogen-bond acceptors (Lipinski definition) is 8. The van der Waals surface area contributed by atoms with Crippen LogP contribution in [0.25, 0.3) is 0 Å². The van der Waals surface area contributed by atoms with Crippen LogP contribution in [0.4, 0.5) is 0 Å². The smallest absolute Gasteiger partial charge is 0.240 e. The van der Waals surface area contributed by atoms with Crippen LogP contribution in [-0.2, 0) is 44.7 Å². The van der Waals surface area contributed by atoms with Crippen LogP contribution in [0.5, 0.6) is 0 Å². The zero-order chi connectivity index (χ0) is 27.6. The van der Waals surface area contributed by atoms with E-state index in [2.05, 4.69) is 10.0 Å².